The summed E-state index contributed by atoms with van der Waals surface area (Å²) in [5.74, 6) is 0.131. The molecule has 108 valence electrons. The lowest BCUT2D eigenvalue weighted by Crippen LogP contribution is -2.36. The summed E-state index contributed by atoms with van der Waals surface area (Å²) in [6.07, 6.45) is 0.545. The van der Waals surface area contributed by atoms with Gasteiger partial charge in [-0.05, 0) is 37.1 Å². The predicted octanol–water partition coefficient (Wildman–Crippen LogP) is 2.68. The van der Waals surface area contributed by atoms with Crippen LogP contribution in [0.25, 0.3) is 0 Å². The Morgan fingerprint density at radius 3 is 2.63 bits per heavy atom. The van der Waals surface area contributed by atoms with Crippen molar-refractivity contribution in [3.8, 4) is 5.75 Å². The number of ether oxygens (including phenoxy) is 1. The van der Waals surface area contributed by atoms with Gasteiger partial charge in [-0.2, -0.15) is 0 Å². The summed E-state index contributed by atoms with van der Waals surface area (Å²) in [6.45, 7) is 6.78. The second-order valence-corrected chi connectivity index (χ2v) is 5.27. The van der Waals surface area contributed by atoms with E-state index in [1.54, 1.807) is 19.2 Å². The number of aliphatic hydroxyl groups is 1. The van der Waals surface area contributed by atoms with Gasteiger partial charge in [0.25, 0.3) is 0 Å². The number of benzene rings is 1. The van der Waals surface area contributed by atoms with Crippen molar-refractivity contribution in [2.75, 3.05) is 20.2 Å². The average molecular weight is 269 g/mol. The van der Waals surface area contributed by atoms with E-state index in [1.807, 2.05) is 20.8 Å². The van der Waals surface area contributed by atoms with E-state index in [9.17, 15) is 9.50 Å². The van der Waals surface area contributed by atoms with Gasteiger partial charge in [-0.1, -0.05) is 26.8 Å². The Kier molecular flexibility index (Phi) is 5.76. The molecular weight excluding hydrogens is 245 g/mol. The van der Waals surface area contributed by atoms with Crippen LogP contribution in [0.15, 0.2) is 18.2 Å². The Morgan fingerprint density at radius 2 is 2.11 bits per heavy atom. The summed E-state index contributed by atoms with van der Waals surface area (Å²) in [7, 11) is 1.78. The average Bonchev–Trinajstić information content (AvgIpc) is 2.37. The van der Waals surface area contributed by atoms with Crippen molar-refractivity contribution in [1.29, 1.82) is 0 Å². The van der Waals surface area contributed by atoms with E-state index in [0.29, 0.717) is 31.1 Å². The van der Waals surface area contributed by atoms with Crippen LogP contribution in [0.2, 0.25) is 0 Å². The minimum Gasteiger partial charge on any atom is -0.490 e. The molecule has 2 N–H and O–H groups in total. The van der Waals surface area contributed by atoms with Gasteiger partial charge in [0, 0.05) is 6.54 Å². The Morgan fingerprint density at radius 1 is 1.42 bits per heavy atom. The first-order valence-electron chi connectivity index (χ1n) is 6.72. The van der Waals surface area contributed by atoms with Crippen molar-refractivity contribution >= 4 is 0 Å². The van der Waals surface area contributed by atoms with E-state index in [-0.39, 0.29) is 5.75 Å². The molecular formula is C15H24FNO2. The zero-order valence-electron chi connectivity index (χ0n) is 12.2. The van der Waals surface area contributed by atoms with E-state index in [0.717, 1.165) is 0 Å². The van der Waals surface area contributed by atoms with Gasteiger partial charge in [0.05, 0.1) is 6.61 Å². The van der Waals surface area contributed by atoms with E-state index in [2.05, 4.69) is 5.32 Å². The molecule has 1 atom stereocenters. The van der Waals surface area contributed by atoms with Crippen LogP contribution in [-0.2, 0) is 5.60 Å². The van der Waals surface area contributed by atoms with Crippen LogP contribution in [0.5, 0.6) is 5.75 Å². The lowest BCUT2D eigenvalue weighted by molar-refractivity contribution is 0.0342. The summed E-state index contributed by atoms with van der Waals surface area (Å²) in [5.41, 5.74) is -0.331. The maximum Gasteiger partial charge on any atom is 0.165 e. The fourth-order valence-corrected chi connectivity index (χ4v) is 1.88. The minimum absolute atomic E-state index is 0.203. The van der Waals surface area contributed by atoms with Crippen LogP contribution < -0.4 is 10.1 Å². The van der Waals surface area contributed by atoms with Crippen molar-refractivity contribution in [3.05, 3.63) is 29.6 Å². The van der Waals surface area contributed by atoms with Gasteiger partial charge >= 0.3 is 0 Å². The predicted molar refractivity (Wildman–Crippen MR) is 74.8 cm³/mol. The molecule has 0 heterocycles. The molecule has 0 aliphatic carbocycles. The van der Waals surface area contributed by atoms with Gasteiger partial charge in [-0.15, -0.1) is 0 Å². The van der Waals surface area contributed by atoms with E-state index < -0.39 is 11.4 Å². The molecule has 4 heteroatoms. The standard InChI is InChI=1S/C15H24FNO2/c1-5-15(18,10-17-4)12-6-7-13(16)14(8-12)19-9-11(2)3/h6-8,11,17-18H,5,9-10H2,1-4H3/t15-/m1/s1. The third-order valence-electron chi connectivity index (χ3n) is 3.09. The molecule has 3 nitrogen and oxygen atoms in total. The van der Waals surface area contributed by atoms with Crippen molar-refractivity contribution in [2.45, 2.75) is 32.8 Å². The summed E-state index contributed by atoms with van der Waals surface area (Å²) in [6, 6.07) is 4.55. The third kappa shape index (κ3) is 4.18. The first-order chi connectivity index (χ1) is 8.92. The molecule has 19 heavy (non-hydrogen) atoms. The Bertz CT molecular complexity index is 409. The molecule has 1 aromatic rings. The highest BCUT2D eigenvalue weighted by molar-refractivity contribution is 5.34. The third-order valence-corrected chi connectivity index (χ3v) is 3.09. The monoisotopic (exact) mass is 269 g/mol. The van der Waals surface area contributed by atoms with Crippen LogP contribution in [-0.4, -0.2) is 25.3 Å². The molecule has 0 aliphatic rings. The Balaban J connectivity index is 3.00. The van der Waals surface area contributed by atoms with Crippen molar-refractivity contribution < 1.29 is 14.2 Å². The molecule has 0 bridgehead atoms. The number of halogens is 1. The first kappa shape index (κ1) is 15.9. The molecule has 0 spiro atoms. The van der Waals surface area contributed by atoms with Crippen molar-refractivity contribution in [2.24, 2.45) is 5.92 Å². The van der Waals surface area contributed by atoms with Crippen LogP contribution in [0.4, 0.5) is 4.39 Å². The minimum atomic E-state index is -1.00. The molecule has 0 aromatic heterocycles. The molecule has 0 saturated carbocycles. The fraction of sp³-hybridized carbons (Fsp3) is 0.600. The second-order valence-electron chi connectivity index (χ2n) is 5.27. The number of rotatable bonds is 7. The number of hydrogen-bond donors (Lipinski definition) is 2. The van der Waals surface area contributed by atoms with Crippen LogP contribution in [0.3, 0.4) is 0 Å². The molecule has 0 aliphatic heterocycles. The van der Waals surface area contributed by atoms with Gasteiger partial charge in [0.1, 0.15) is 5.60 Å². The van der Waals surface area contributed by atoms with Crippen LogP contribution >= 0.6 is 0 Å². The lowest BCUT2D eigenvalue weighted by atomic mass is 9.91. The number of likely N-dealkylation sites (N-methyl/N-ethyl adjacent to an activating group) is 1. The maximum absolute atomic E-state index is 13.7. The van der Waals surface area contributed by atoms with Gasteiger partial charge < -0.3 is 15.2 Å². The molecule has 0 radical (unpaired) electrons. The highest BCUT2D eigenvalue weighted by Gasteiger charge is 2.27. The van der Waals surface area contributed by atoms with E-state index >= 15 is 0 Å². The summed E-state index contributed by atoms with van der Waals surface area (Å²) < 4.78 is 19.1. The normalized spacial score (nSPS) is 14.5. The molecule has 1 rings (SSSR count). The van der Waals surface area contributed by atoms with Gasteiger partial charge in [0.2, 0.25) is 0 Å². The highest BCUT2D eigenvalue weighted by Crippen LogP contribution is 2.29. The van der Waals surface area contributed by atoms with Crippen molar-refractivity contribution in [1.82, 2.24) is 5.32 Å². The molecule has 0 amide bonds. The highest BCUT2D eigenvalue weighted by atomic mass is 19.1. The topological polar surface area (TPSA) is 41.5 Å². The van der Waals surface area contributed by atoms with Crippen molar-refractivity contribution in [3.63, 3.8) is 0 Å². The molecule has 1 aromatic carbocycles. The summed E-state index contributed by atoms with van der Waals surface area (Å²) in [4.78, 5) is 0. The fourth-order valence-electron chi connectivity index (χ4n) is 1.88. The van der Waals surface area contributed by atoms with E-state index in [4.69, 9.17) is 4.74 Å². The Hall–Kier alpha value is -1.13. The number of hydrogen-bond acceptors (Lipinski definition) is 3. The maximum atomic E-state index is 13.7. The van der Waals surface area contributed by atoms with Gasteiger partial charge in [0.15, 0.2) is 11.6 Å². The zero-order valence-corrected chi connectivity index (χ0v) is 12.2. The molecule has 0 unspecified atom stereocenters. The van der Waals surface area contributed by atoms with E-state index in [1.165, 1.54) is 6.07 Å². The second kappa shape index (κ2) is 6.87. The molecule has 0 fully saturated rings. The number of nitrogens with one attached hydrogen (secondary N) is 1. The van der Waals surface area contributed by atoms with Crippen LogP contribution in [0.1, 0.15) is 32.8 Å². The first-order valence-corrected chi connectivity index (χ1v) is 6.72. The quantitative estimate of drug-likeness (QED) is 0.799. The largest absolute Gasteiger partial charge is 0.490 e. The summed E-state index contributed by atoms with van der Waals surface area (Å²) >= 11 is 0. The SMILES string of the molecule is CC[C@@](O)(CNC)c1ccc(F)c(OCC(C)C)c1. The smallest absolute Gasteiger partial charge is 0.165 e. The lowest BCUT2D eigenvalue weighted by Gasteiger charge is -2.27. The Labute approximate surface area is 114 Å². The molecule has 0 saturated heterocycles. The van der Waals surface area contributed by atoms with Gasteiger partial charge in [-0.3, -0.25) is 0 Å². The van der Waals surface area contributed by atoms with Gasteiger partial charge in [-0.25, -0.2) is 4.39 Å². The summed E-state index contributed by atoms with van der Waals surface area (Å²) in [5, 5.41) is 13.5. The van der Waals surface area contributed by atoms with Crippen LogP contribution in [0, 0.1) is 11.7 Å². The zero-order chi connectivity index (χ0) is 14.5.